The molecule has 22 heavy (non-hydrogen) atoms. The highest BCUT2D eigenvalue weighted by atomic mass is 16.2. The minimum absolute atomic E-state index is 0.00521. The normalized spacial score (nSPS) is 14.7. The van der Waals surface area contributed by atoms with Gasteiger partial charge in [-0.25, -0.2) is 4.98 Å². The van der Waals surface area contributed by atoms with E-state index in [1.165, 1.54) is 16.7 Å². The van der Waals surface area contributed by atoms with Gasteiger partial charge in [-0.2, -0.15) is 0 Å². The number of rotatable bonds is 3. The molecule has 0 fully saturated rings. The van der Waals surface area contributed by atoms with E-state index < -0.39 is 0 Å². The van der Waals surface area contributed by atoms with Crippen molar-refractivity contribution in [1.82, 2.24) is 14.5 Å². The van der Waals surface area contributed by atoms with Gasteiger partial charge >= 0.3 is 0 Å². The van der Waals surface area contributed by atoms with E-state index in [1.807, 2.05) is 13.2 Å². The minimum atomic E-state index is -0.00521. The van der Waals surface area contributed by atoms with Gasteiger partial charge in [-0.1, -0.05) is 23.8 Å². The minimum Gasteiger partial charge on any atom is -0.334 e. The molecule has 116 valence electrons. The highest BCUT2D eigenvalue weighted by Crippen LogP contribution is 2.25. The first-order valence-electron chi connectivity index (χ1n) is 7.87. The Morgan fingerprint density at radius 3 is 2.82 bits per heavy atom. The van der Waals surface area contributed by atoms with Crippen LogP contribution in [-0.4, -0.2) is 27.4 Å². The second kappa shape index (κ2) is 5.59. The molecule has 1 unspecified atom stereocenters. The van der Waals surface area contributed by atoms with E-state index >= 15 is 0 Å². The molecule has 1 aromatic heterocycles. The molecule has 0 aliphatic carbocycles. The van der Waals surface area contributed by atoms with Gasteiger partial charge in [-0.05, 0) is 38.3 Å². The van der Waals surface area contributed by atoms with Crippen LogP contribution in [0.15, 0.2) is 24.4 Å². The Bertz CT molecular complexity index is 696. The van der Waals surface area contributed by atoms with Gasteiger partial charge in [0.2, 0.25) is 0 Å². The summed E-state index contributed by atoms with van der Waals surface area (Å²) in [5.74, 6) is 1.03. The Kier molecular flexibility index (Phi) is 3.77. The average molecular weight is 297 g/mol. The van der Waals surface area contributed by atoms with Crippen LogP contribution >= 0.6 is 0 Å². The maximum absolute atomic E-state index is 12.7. The maximum Gasteiger partial charge on any atom is 0.274 e. The Balaban J connectivity index is 1.82. The van der Waals surface area contributed by atoms with Crippen molar-refractivity contribution in [3.8, 4) is 0 Å². The zero-order chi connectivity index (χ0) is 15.9. The number of hydrogen-bond acceptors (Lipinski definition) is 2. The monoisotopic (exact) mass is 297 g/mol. The summed E-state index contributed by atoms with van der Waals surface area (Å²) in [5, 5.41) is 0. The van der Waals surface area contributed by atoms with Crippen LogP contribution in [0.4, 0.5) is 0 Å². The van der Waals surface area contributed by atoms with Crippen molar-refractivity contribution in [2.24, 2.45) is 0 Å². The van der Waals surface area contributed by atoms with Gasteiger partial charge in [0.1, 0.15) is 11.5 Å². The Morgan fingerprint density at radius 2 is 2.14 bits per heavy atom. The molecule has 1 aliphatic heterocycles. The quantitative estimate of drug-likeness (QED) is 0.872. The SMILES string of the molecule is Cc1ccc(C(C)N(C)C(=O)c2cn3c(n2)CCC3)c(C)c1. The summed E-state index contributed by atoms with van der Waals surface area (Å²) in [6.07, 6.45) is 4.01. The van der Waals surface area contributed by atoms with Crippen molar-refractivity contribution in [3.05, 3.63) is 52.6 Å². The molecule has 0 spiro atoms. The van der Waals surface area contributed by atoms with Gasteiger partial charge < -0.3 is 9.47 Å². The van der Waals surface area contributed by atoms with Crippen LogP contribution < -0.4 is 0 Å². The fourth-order valence-corrected chi connectivity index (χ4v) is 3.22. The summed E-state index contributed by atoms with van der Waals surface area (Å²) in [6.45, 7) is 7.23. The van der Waals surface area contributed by atoms with E-state index in [1.54, 1.807) is 4.90 Å². The number of aryl methyl sites for hydroxylation is 4. The average Bonchev–Trinajstić information content (AvgIpc) is 3.06. The number of hydrogen-bond donors (Lipinski definition) is 0. The number of fused-ring (bicyclic) bond motifs is 1. The summed E-state index contributed by atoms with van der Waals surface area (Å²) >= 11 is 0. The lowest BCUT2D eigenvalue weighted by Crippen LogP contribution is -2.30. The molecule has 0 radical (unpaired) electrons. The molecule has 1 aliphatic rings. The molecule has 0 bridgehead atoms. The molecule has 2 aromatic rings. The molecule has 4 nitrogen and oxygen atoms in total. The van der Waals surface area contributed by atoms with E-state index in [0.717, 1.165) is 25.2 Å². The molecule has 0 saturated heterocycles. The van der Waals surface area contributed by atoms with Gasteiger partial charge in [0, 0.05) is 26.2 Å². The van der Waals surface area contributed by atoms with E-state index in [2.05, 4.69) is 48.5 Å². The van der Waals surface area contributed by atoms with Crippen molar-refractivity contribution >= 4 is 5.91 Å². The zero-order valence-corrected chi connectivity index (χ0v) is 13.8. The van der Waals surface area contributed by atoms with Gasteiger partial charge in [0.05, 0.1) is 6.04 Å². The van der Waals surface area contributed by atoms with Crippen molar-refractivity contribution in [3.63, 3.8) is 0 Å². The maximum atomic E-state index is 12.7. The summed E-state index contributed by atoms with van der Waals surface area (Å²) in [7, 11) is 1.86. The van der Waals surface area contributed by atoms with Gasteiger partial charge in [-0.3, -0.25) is 4.79 Å². The summed E-state index contributed by atoms with van der Waals surface area (Å²) in [6, 6.07) is 6.41. The number of nitrogens with zero attached hydrogens (tertiary/aromatic N) is 3. The highest BCUT2D eigenvalue weighted by Gasteiger charge is 2.24. The second-order valence-corrected chi connectivity index (χ2v) is 6.29. The van der Waals surface area contributed by atoms with Gasteiger partial charge in [0.25, 0.3) is 5.91 Å². The lowest BCUT2D eigenvalue weighted by atomic mass is 9.99. The van der Waals surface area contributed by atoms with Crippen LogP contribution in [0.5, 0.6) is 0 Å². The van der Waals surface area contributed by atoms with Crippen LogP contribution in [0.3, 0.4) is 0 Å². The number of carbonyl (C=O) groups is 1. The Hall–Kier alpha value is -2.10. The highest BCUT2D eigenvalue weighted by molar-refractivity contribution is 5.92. The summed E-state index contributed by atoms with van der Waals surface area (Å²) < 4.78 is 2.10. The van der Waals surface area contributed by atoms with E-state index in [-0.39, 0.29) is 11.9 Å². The van der Waals surface area contributed by atoms with E-state index in [4.69, 9.17) is 0 Å². The number of benzene rings is 1. The second-order valence-electron chi connectivity index (χ2n) is 6.29. The Labute approximate surface area is 131 Å². The standard InChI is InChI=1S/C18H23N3O/c1-12-7-8-15(13(2)10-12)14(3)20(4)18(22)16-11-21-9-5-6-17(21)19-16/h7-8,10-11,14H,5-6,9H2,1-4H3. The molecule has 1 amide bonds. The molecule has 3 rings (SSSR count). The number of imidazole rings is 1. The van der Waals surface area contributed by atoms with Crippen LogP contribution in [0.1, 0.15) is 52.4 Å². The zero-order valence-electron chi connectivity index (χ0n) is 13.8. The number of amides is 1. The molecule has 0 N–H and O–H groups in total. The molecule has 1 atom stereocenters. The summed E-state index contributed by atoms with van der Waals surface area (Å²) in [5.41, 5.74) is 4.22. The first-order chi connectivity index (χ1) is 10.5. The first kappa shape index (κ1) is 14.8. The third kappa shape index (κ3) is 2.54. The number of aromatic nitrogens is 2. The fraction of sp³-hybridized carbons (Fsp3) is 0.444. The van der Waals surface area contributed by atoms with Gasteiger partial charge in [0.15, 0.2) is 0 Å². The number of carbonyl (C=O) groups excluding carboxylic acids is 1. The topological polar surface area (TPSA) is 38.1 Å². The molecule has 1 aromatic carbocycles. The van der Waals surface area contributed by atoms with Crippen LogP contribution in [0.2, 0.25) is 0 Å². The van der Waals surface area contributed by atoms with Crippen molar-refractivity contribution in [2.75, 3.05) is 7.05 Å². The fourth-order valence-electron chi connectivity index (χ4n) is 3.22. The molecular formula is C18H23N3O. The van der Waals surface area contributed by atoms with Crippen LogP contribution in [0, 0.1) is 13.8 Å². The predicted molar refractivity (Wildman–Crippen MR) is 87.0 cm³/mol. The smallest absolute Gasteiger partial charge is 0.274 e. The molecule has 2 heterocycles. The predicted octanol–water partition coefficient (Wildman–Crippen LogP) is 3.28. The van der Waals surface area contributed by atoms with Crippen molar-refractivity contribution < 1.29 is 4.79 Å². The Morgan fingerprint density at radius 1 is 1.36 bits per heavy atom. The van der Waals surface area contributed by atoms with E-state index in [0.29, 0.717) is 5.69 Å². The molecule has 4 heteroatoms. The lowest BCUT2D eigenvalue weighted by Gasteiger charge is -2.26. The van der Waals surface area contributed by atoms with Crippen LogP contribution in [-0.2, 0) is 13.0 Å². The molecule has 0 saturated carbocycles. The largest absolute Gasteiger partial charge is 0.334 e. The lowest BCUT2D eigenvalue weighted by molar-refractivity contribution is 0.0736. The van der Waals surface area contributed by atoms with Gasteiger partial charge in [-0.15, -0.1) is 0 Å². The first-order valence-corrected chi connectivity index (χ1v) is 7.87. The van der Waals surface area contributed by atoms with Crippen molar-refractivity contribution in [2.45, 2.75) is 46.2 Å². The third-order valence-corrected chi connectivity index (χ3v) is 4.65. The summed E-state index contributed by atoms with van der Waals surface area (Å²) in [4.78, 5) is 19.0. The third-order valence-electron chi connectivity index (χ3n) is 4.65. The van der Waals surface area contributed by atoms with Crippen molar-refractivity contribution in [1.29, 1.82) is 0 Å². The van der Waals surface area contributed by atoms with E-state index in [9.17, 15) is 4.79 Å². The molecular weight excluding hydrogens is 274 g/mol. The van der Waals surface area contributed by atoms with Crippen LogP contribution in [0.25, 0.3) is 0 Å².